The summed E-state index contributed by atoms with van der Waals surface area (Å²) < 4.78 is 0.828. The SMILES string of the molecule is CC(NC(=O)c1cc(Br)ccc1Cl)c1ccc(C(C)(C)C)cc1. The number of hydrogen-bond donors (Lipinski definition) is 1. The van der Waals surface area contributed by atoms with Crippen molar-refractivity contribution in [3.8, 4) is 0 Å². The summed E-state index contributed by atoms with van der Waals surface area (Å²) in [4.78, 5) is 12.4. The van der Waals surface area contributed by atoms with Gasteiger partial charge in [-0.2, -0.15) is 0 Å². The zero-order valence-electron chi connectivity index (χ0n) is 13.8. The van der Waals surface area contributed by atoms with Gasteiger partial charge in [-0.1, -0.05) is 72.6 Å². The quantitative estimate of drug-likeness (QED) is 0.691. The number of hydrogen-bond acceptors (Lipinski definition) is 1. The Balaban J connectivity index is 2.14. The molecule has 0 saturated carbocycles. The smallest absolute Gasteiger partial charge is 0.253 e. The van der Waals surface area contributed by atoms with Gasteiger partial charge < -0.3 is 5.32 Å². The summed E-state index contributed by atoms with van der Waals surface area (Å²) in [5.74, 6) is -0.177. The maximum absolute atomic E-state index is 12.4. The summed E-state index contributed by atoms with van der Waals surface area (Å²) in [6, 6.07) is 13.5. The lowest BCUT2D eigenvalue weighted by Gasteiger charge is -2.21. The number of carbonyl (C=O) groups is 1. The zero-order valence-corrected chi connectivity index (χ0v) is 16.1. The van der Waals surface area contributed by atoms with Gasteiger partial charge >= 0.3 is 0 Å². The molecule has 0 aliphatic heterocycles. The van der Waals surface area contributed by atoms with Crippen LogP contribution in [-0.2, 0) is 5.41 Å². The van der Waals surface area contributed by atoms with Crippen LogP contribution in [0.15, 0.2) is 46.9 Å². The summed E-state index contributed by atoms with van der Waals surface area (Å²) in [5, 5.41) is 3.44. The van der Waals surface area contributed by atoms with Gasteiger partial charge in [0.1, 0.15) is 0 Å². The standard InChI is InChI=1S/C19H21BrClNO/c1-12(13-5-7-14(8-6-13)19(2,3)4)22-18(23)16-11-15(20)9-10-17(16)21/h5-12H,1-4H3,(H,22,23). The predicted molar refractivity (Wildman–Crippen MR) is 100 cm³/mol. The Morgan fingerprint density at radius 2 is 1.74 bits per heavy atom. The van der Waals surface area contributed by atoms with Crippen LogP contribution in [0, 0.1) is 0 Å². The summed E-state index contributed by atoms with van der Waals surface area (Å²) in [7, 11) is 0. The average molecular weight is 395 g/mol. The topological polar surface area (TPSA) is 29.1 Å². The molecule has 2 aromatic carbocycles. The van der Waals surface area contributed by atoms with Crippen molar-refractivity contribution in [3.05, 3.63) is 68.7 Å². The van der Waals surface area contributed by atoms with Crippen molar-refractivity contribution in [1.29, 1.82) is 0 Å². The Bertz CT molecular complexity index is 704. The molecule has 0 spiro atoms. The van der Waals surface area contributed by atoms with Gasteiger partial charge in [0.05, 0.1) is 16.6 Å². The van der Waals surface area contributed by atoms with E-state index < -0.39 is 0 Å². The summed E-state index contributed by atoms with van der Waals surface area (Å²) in [6.45, 7) is 8.52. The van der Waals surface area contributed by atoms with E-state index in [4.69, 9.17) is 11.6 Å². The first kappa shape index (κ1) is 18.0. The minimum Gasteiger partial charge on any atom is -0.345 e. The van der Waals surface area contributed by atoms with Crippen molar-refractivity contribution in [3.63, 3.8) is 0 Å². The van der Waals surface area contributed by atoms with Crippen molar-refractivity contribution in [1.82, 2.24) is 5.32 Å². The molecule has 0 radical (unpaired) electrons. The Labute approximate surface area is 151 Å². The van der Waals surface area contributed by atoms with Crippen molar-refractivity contribution in [2.75, 3.05) is 0 Å². The Hall–Kier alpha value is -1.32. The highest BCUT2D eigenvalue weighted by Gasteiger charge is 2.16. The van der Waals surface area contributed by atoms with E-state index >= 15 is 0 Å². The Kier molecular flexibility index (Phi) is 5.53. The van der Waals surface area contributed by atoms with Crippen molar-refractivity contribution < 1.29 is 4.79 Å². The number of rotatable bonds is 3. The maximum Gasteiger partial charge on any atom is 0.253 e. The van der Waals surface area contributed by atoms with E-state index in [1.54, 1.807) is 12.1 Å². The van der Waals surface area contributed by atoms with Crippen LogP contribution in [0.25, 0.3) is 0 Å². The van der Waals surface area contributed by atoms with Crippen molar-refractivity contribution in [2.45, 2.75) is 39.2 Å². The monoisotopic (exact) mass is 393 g/mol. The minimum atomic E-state index is -0.177. The third-order valence-electron chi connectivity index (χ3n) is 3.80. The van der Waals surface area contributed by atoms with Crippen molar-refractivity contribution >= 4 is 33.4 Å². The highest BCUT2D eigenvalue weighted by molar-refractivity contribution is 9.10. The van der Waals surface area contributed by atoms with E-state index in [-0.39, 0.29) is 17.4 Å². The number of carbonyl (C=O) groups excluding carboxylic acids is 1. The van der Waals surface area contributed by atoms with E-state index in [0.29, 0.717) is 10.6 Å². The molecule has 0 saturated heterocycles. The summed E-state index contributed by atoms with van der Waals surface area (Å²) in [6.07, 6.45) is 0. The minimum absolute atomic E-state index is 0.0911. The molecule has 0 aromatic heterocycles. The van der Waals surface area contributed by atoms with Gasteiger partial charge in [-0.15, -0.1) is 0 Å². The summed E-state index contributed by atoms with van der Waals surface area (Å²) >= 11 is 9.47. The first-order chi connectivity index (χ1) is 10.7. The van der Waals surface area contributed by atoms with Gasteiger partial charge in [0.25, 0.3) is 5.91 Å². The van der Waals surface area contributed by atoms with Crippen LogP contribution < -0.4 is 5.32 Å². The average Bonchev–Trinajstić information content (AvgIpc) is 2.48. The first-order valence-corrected chi connectivity index (χ1v) is 8.72. The van der Waals surface area contributed by atoms with Gasteiger partial charge in [0, 0.05) is 4.47 Å². The van der Waals surface area contributed by atoms with Gasteiger partial charge in [0.15, 0.2) is 0 Å². The normalized spacial score (nSPS) is 12.8. The van der Waals surface area contributed by atoms with Crippen LogP contribution in [0.5, 0.6) is 0 Å². The highest BCUT2D eigenvalue weighted by Crippen LogP contribution is 2.25. The molecule has 0 fully saturated rings. The molecule has 2 nitrogen and oxygen atoms in total. The van der Waals surface area contributed by atoms with Crippen LogP contribution >= 0.6 is 27.5 Å². The molecule has 1 N–H and O–H groups in total. The zero-order chi connectivity index (χ0) is 17.2. The van der Waals surface area contributed by atoms with Gasteiger partial charge in [-0.25, -0.2) is 0 Å². The number of nitrogens with one attached hydrogen (secondary N) is 1. The lowest BCUT2D eigenvalue weighted by molar-refractivity contribution is 0.0940. The van der Waals surface area contributed by atoms with E-state index in [2.05, 4.69) is 66.3 Å². The largest absolute Gasteiger partial charge is 0.345 e. The van der Waals surface area contributed by atoms with E-state index in [1.165, 1.54) is 5.56 Å². The maximum atomic E-state index is 12.4. The van der Waals surface area contributed by atoms with Gasteiger partial charge in [0.2, 0.25) is 0 Å². The fourth-order valence-electron chi connectivity index (χ4n) is 2.30. The number of benzene rings is 2. The molecule has 1 amide bonds. The van der Waals surface area contributed by atoms with Crippen LogP contribution in [0.2, 0.25) is 5.02 Å². The van der Waals surface area contributed by atoms with E-state index in [0.717, 1.165) is 10.0 Å². The van der Waals surface area contributed by atoms with Crippen molar-refractivity contribution in [2.24, 2.45) is 0 Å². The number of halogens is 2. The molecule has 23 heavy (non-hydrogen) atoms. The molecule has 122 valence electrons. The molecule has 2 rings (SSSR count). The third kappa shape index (κ3) is 4.58. The predicted octanol–water partition coefficient (Wildman–Crippen LogP) is 5.89. The Morgan fingerprint density at radius 3 is 2.30 bits per heavy atom. The lowest BCUT2D eigenvalue weighted by Crippen LogP contribution is -2.27. The van der Waals surface area contributed by atoms with Crippen LogP contribution in [-0.4, -0.2) is 5.91 Å². The second-order valence-electron chi connectivity index (χ2n) is 6.69. The molecule has 4 heteroatoms. The lowest BCUT2D eigenvalue weighted by atomic mass is 9.86. The third-order valence-corrected chi connectivity index (χ3v) is 4.62. The number of amides is 1. The van der Waals surface area contributed by atoms with Crippen LogP contribution in [0.3, 0.4) is 0 Å². The summed E-state index contributed by atoms with van der Waals surface area (Å²) in [5.41, 5.74) is 2.93. The molecule has 0 aliphatic rings. The Morgan fingerprint density at radius 1 is 1.13 bits per heavy atom. The molecule has 1 atom stereocenters. The molecule has 0 aliphatic carbocycles. The fraction of sp³-hybridized carbons (Fsp3) is 0.316. The highest BCUT2D eigenvalue weighted by atomic mass is 79.9. The van der Waals surface area contributed by atoms with E-state index in [9.17, 15) is 4.79 Å². The molecular weight excluding hydrogens is 374 g/mol. The first-order valence-electron chi connectivity index (χ1n) is 7.55. The fourth-order valence-corrected chi connectivity index (χ4v) is 2.87. The molecule has 0 heterocycles. The van der Waals surface area contributed by atoms with Crippen LogP contribution in [0.4, 0.5) is 0 Å². The molecule has 1 unspecified atom stereocenters. The second kappa shape index (κ2) is 7.06. The van der Waals surface area contributed by atoms with Crippen LogP contribution in [0.1, 0.15) is 55.2 Å². The van der Waals surface area contributed by atoms with Gasteiger partial charge in [-0.3, -0.25) is 4.79 Å². The van der Waals surface area contributed by atoms with E-state index in [1.807, 2.05) is 13.0 Å². The second-order valence-corrected chi connectivity index (χ2v) is 8.01. The molecule has 2 aromatic rings. The van der Waals surface area contributed by atoms with Gasteiger partial charge in [-0.05, 0) is 41.7 Å². The molecule has 0 bridgehead atoms. The molecular formula is C19H21BrClNO.